The first-order valence-electron chi connectivity index (χ1n) is 6.42. The summed E-state index contributed by atoms with van der Waals surface area (Å²) in [4.78, 5) is 0. The van der Waals surface area contributed by atoms with Crippen LogP contribution in [0.3, 0.4) is 0 Å². The molecule has 0 fully saturated rings. The fourth-order valence-corrected chi connectivity index (χ4v) is 1.48. The van der Waals surface area contributed by atoms with Gasteiger partial charge in [0, 0.05) is 0 Å². The molecule has 2 aromatic carbocycles. The van der Waals surface area contributed by atoms with Gasteiger partial charge in [-0.15, -0.1) is 0 Å². The predicted molar refractivity (Wildman–Crippen MR) is 93.9 cm³/mol. The summed E-state index contributed by atoms with van der Waals surface area (Å²) >= 11 is 10.7. The molecule has 0 aliphatic rings. The molecule has 4 N–H and O–H groups in total. The Hall–Kier alpha value is 0.645. The molecule has 0 aromatic heterocycles. The van der Waals surface area contributed by atoms with Crippen LogP contribution >= 0.6 is 26.9 Å². The maximum absolute atomic E-state index is 5.34. The van der Waals surface area contributed by atoms with Crippen molar-refractivity contribution in [2.24, 2.45) is 11.5 Å². The van der Waals surface area contributed by atoms with Gasteiger partial charge in [-0.1, -0.05) is 0 Å². The van der Waals surface area contributed by atoms with E-state index >= 15 is 0 Å². The third-order valence-corrected chi connectivity index (χ3v) is 2.37. The summed E-state index contributed by atoms with van der Waals surface area (Å²) in [5.74, 6) is 0. The minimum absolute atomic E-state index is 0.709. The van der Waals surface area contributed by atoms with Crippen LogP contribution in [0.4, 0.5) is 0 Å². The van der Waals surface area contributed by atoms with Gasteiger partial charge in [0.1, 0.15) is 0 Å². The Morgan fingerprint density at radius 3 is 1.32 bits per heavy atom. The minimum atomic E-state index is 0.709. The molecular formula is C16H20Br2N2Pd2. The van der Waals surface area contributed by atoms with E-state index in [0.717, 1.165) is 12.8 Å². The van der Waals surface area contributed by atoms with Crippen molar-refractivity contribution in [2.75, 3.05) is 13.1 Å². The van der Waals surface area contributed by atoms with Gasteiger partial charge in [-0.2, -0.15) is 71.8 Å². The number of hydrogen-bond acceptors (Lipinski definition) is 2. The molecule has 2 rings (SSSR count). The third kappa shape index (κ3) is 15.5. The van der Waals surface area contributed by atoms with E-state index in [-0.39, 0.29) is 0 Å². The normalized spacial score (nSPS) is 8.36. The van der Waals surface area contributed by atoms with E-state index in [2.05, 4.69) is 73.4 Å². The number of rotatable bonds is 4. The van der Waals surface area contributed by atoms with E-state index in [0.29, 0.717) is 13.1 Å². The summed E-state index contributed by atoms with van der Waals surface area (Å²) < 4.78 is 0. The summed E-state index contributed by atoms with van der Waals surface area (Å²) in [6.07, 6.45) is 1.86. The zero-order valence-corrected chi connectivity index (χ0v) is 18.3. The first-order chi connectivity index (χ1) is 10.9. The van der Waals surface area contributed by atoms with Crippen LogP contribution in [0.2, 0.25) is 0 Å². The first kappa shape index (κ1) is 24.9. The van der Waals surface area contributed by atoms with Crippen LogP contribution in [0.1, 0.15) is 11.1 Å². The van der Waals surface area contributed by atoms with Crippen LogP contribution in [0, 0.1) is 12.1 Å². The van der Waals surface area contributed by atoms with E-state index in [9.17, 15) is 0 Å². The fourth-order valence-electron chi connectivity index (χ4n) is 1.48. The van der Waals surface area contributed by atoms with Crippen molar-refractivity contribution < 1.29 is 34.4 Å². The van der Waals surface area contributed by atoms with E-state index in [1.807, 2.05) is 48.5 Å². The molecule has 0 heterocycles. The number of hydrogen-bond donors (Lipinski definition) is 2. The van der Waals surface area contributed by atoms with Gasteiger partial charge >= 0.3 is 61.2 Å². The van der Waals surface area contributed by atoms with Gasteiger partial charge in [-0.05, 0) is 25.9 Å². The molecule has 6 heteroatoms. The molecule has 0 aliphatic heterocycles. The molecule has 0 spiro atoms. The zero-order valence-electron chi connectivity index (χ0n) is 12.0. The molecule has 0 unspecified atom stereocenters. The summed E-state index contributed by atoms with van der Waals surface area (Å²) in [7, 11) is 0. The van der Waals surface area contributed by atoms with Gasteiger partial charge in [0.05, 0.1) is 0 Å². The molecule has 0 amide bonds. The van der Waals surface area contributed by atoms with Crippen molar-refractivity contribution in [2.45, 2.75) is 12.8 Å². The summed E-state index contributed by atoms with van der Waals surface area (Å²) in [6, 6.07) is 22.0. The van der Waals surface area contributed by atoms with Crippen molar-refractivity contribution in [3.63, 3.8) is 0 Å². The molecule has 2 aromatic rings. The van der Waals surface area contributed by atoms with Crippen molar-refractivity contribution in [1.82, 2.24) is 0 Å². The van der Waals surface area contributed by atoms with Gasteiger partial charge in [0.15, 0.2) is 0 Å². The SMILES string of the molecule is NCCc1[c-]cccc1.NCCc1[c-]cccc1.[Br][Pd+].[Br][Pd+]. The van der Waals surface area contributed by atoms with E-state index in [1.165, 1.54) is 11.1 Å². The molecule has 2 nitrogen and oxygen atoms in total. The molecule has 0 aliphatic carbocycles. The van der Waals surface area contributed by atoms with Crippen LogP contribution in [0.15, 0.2) is 48.5 Å². The van der Waals surface area contributed by atoms with Gasteiger partial charge in [0.2, 0.25) is 0 Å². The van der Waals surface area contributed by atoms with Crippen molar-refractivity contribution in [1.29, 1.82) is 0 Å². The molecule has 0 atom stereocenters. The Morgan fingerprint density at radius 1 is 0.727 bits per heavy atom. The Morgan fingerprint density at radius 2 is 1.09 bits per heavy atom. The Labute approximate surface area is 169 Å². The van der Waals surface area contributed by atoms with Gasteiger partial charge in [-0.3, -0.25) is 0 Å². The quantitative estimate of drug-likeness (QED) is 0.409. The topological polar surface area (TPSA) is 52.0 Å². The van der Waals surface area contributed by atoms with Crippen molar-refractivity contribution >= 4 is 26.9 Å². The van der Waals surface area contributed by atoms with Crippen LogP contribution in [-0.4, -0.2) is 13.1 Å². The number of halogens is 2. The Balaban J connectivity index is 0. The monoisotopic (exact) mass is 610 g/mol. The molecule has 0 saturated carbocycles. The van der Waals surface area contributed by atoms with Crippen LogP contribution in [0.25, 0.3) is 0 Å². The molecule has 22 heavy (non-hydrogen) atoms. The fraction of sp³-hybridized carbons (Fsp3) is 0.250. The summed E-state index contributed by atoms with van der Waals surface area (Å²) in [5, 5.41) is 0. The number of nitrogens with two attached hydrogens (primary N) is 2. The van der Waals surface area contributed by atoms with Crippen molar-refractivity contribution in [3.05, 3.63) is 71.8 Å². The number of benzene rings is 2. The Kier molecular flexibility index (Phi) is 24.5. The molecule has 0 radical (unpaired) electrons. The molecular weight excluding hydrogens is 593 g/mol. The summed E-state index contributed by atoms with van der Waals surface area (Å²) in [5.41, 5.74) is 13.1. The third-order valence-electron chi connectivity index (χ3n) is 2.37. The van der Waals surface area contributed by atoms with E-state index in [4.69, 9.17) is 11.5 Å². The Bertz CT molecular complexity index is 376. The maximum atomic E-state index is 5.34. The zero-order chi connectivity index (χ0) is 17.1. The first-order valence-corrected chi connectivity index (χ1v) is 13.5. The van der Waals surface area contributed by atoms with E-state index in [1.54, 1.807) is 0 Å². The second-order valence-corrected chi connectivity index (χ2v) is 3.85. The standard InChI is InChI=1S/2C8H10N.2BrH.2Pd/c2*9-7-6-8-4-2-1-3-5-8;;;;/h2*1-4H,6-7,9H2;2*1H;;/q2*-1;;;2*+2/p-2. The van der Waals surface area contributed by atoms with Gasteiger partial charge < -0.3 is 11.5 Å². The average molecular weight is 613 g/mol. The van der Waals surface area contributed by atoms with Crippen LogP contribution < -0.4 is 11.5 Å². The van der Waals surface area contributed by atoms with Crippen LogP contribution in [0.5, 0.6) is 0 Å². The van der Waals surface area contributed by atoms with E-state index < -0.39 is 0 Å². The van der Waals surface area contributed by atoms with Gasteiger partial charge in [-0.25, -0.2) is 0 Å². The predicted octanol–water partition coefficient (Wildman–Crippen LogP) is 3.66. The molecule has 128 valence electrons. The average Bonchev–Trinajstić information content (AvgIpc) is 2.62. The second-order valence-electron chi connectivity index (χ2n) is 3.85. The van der Waals surface area contributed by atoms with Crippen LogP contribution in [-0.2, 0) is 47.2 Å². The second kappa shape index (κ2) is 21.6. The molecule has 0 bridgehead atoms. The van der Waals surface area contributed by atoms with Gasteiger partial charge in [0.25, 0.3) is 0 Å². The molecule has 0 saturated heterocycles. The summed E-state index contributed by atoms with van der Waals surface area (Å²) in [6.45, 7) is 1.42. The van der Waals surface area contributed by atoms with Crippen molar-refractivity contribution in [3.8, 4) is 0 Å².